The summed E-state index contributed by atoms with van der Waals surface area (Å²) in [5, 5.41) is 0. The fraction of sp³-hybridized carbons (Fsp3) is 0.308. The van der Waals surface area contributed by atoms with Gasteiger partial charge < -0.3 is 4.74 Å². The number of carbonyl (C=O) groups excluding carboxylic acids is 1. The third-order valence-corrected chi connectivity index (χ3v) is 2.60. The molecule has 2 rings (SSSR count). The summed E-state index contributed by atoms with van der Waals surface area (Å²) in [7, 11) is 0. The lowest BCUT2D eigenvalue weighted by Gasteiger charge is -1.98. The lowest BCUT2D eigenvalue weighted by atomic mass is 10.1. The van der Waals surface area contributed by atoms with Gasteiger partial charge >= 0.3 is 0 Å². The van der Waals surface area contributed by atoms with E-state index in [2.05, 4.69) is 0 Å². The molecule has 1 aromatic rings. The van der Waals surface area contributed by atoms with Crippen LogP contribution in [0.4, 0.5) is 0 Å². The Labute approximate surface area is 89.6 Å². The zero-order valence-electron chi connectivity index (χ0n) is 8.99. The van der Waals surface area contributed by atoms with Crippen LogP contribution in [0.1, 0.15) is 18.1 Å². The summed E-state index contributed by atoms with van der Waals surface area (Å²) in [4.78, 5) is 11.6. The number of rotatable bonds is 3. The Morgan fingerprint density at radius 1 is 1.40 bits per heavy atom. The van der Waals surface area contributed by atoms with Crippen molar-refractivity contribution in [2.75, 3.05) is 6.61 Å². The summed E-state index contributed by atoms with van der Waals surface area (Å²) >= 11 is 0. The van der Waals surface area contributed by atoms with Crippen molar-refractivity contribution in [3.63, 3.8) is 0 Å². The molecule has 1 aliphatic heterocycles. The summed E-state index contributed by atoms with van der Waals surface area (Å²) in [6, 6.07) is 8.05. The van der Waals surface area contributed by atoms with Crippen molar-refractivity contribution in [3.05, 3.63) is 41.5 Å². The van der Waals surface area contributed by atoms with Crippen molar-refractivity contribution in [1.29, 1.82) is 0 Å². The molecule has 1 fully saturated rings. The molecule has 0 aromatic heterocycles. The summed E-state index contributed by atoms with van der Waals surface area (Å²) in [5.41, 5.74) is 1.72. The highest BCUT2D eigenvalue weighted by molar-refractivity contribution is 6.01. The molecule has 1 atom stereocenters. The van der Waals surface area contributed by atoms with E-state index >= 15 is 0 Å². The van der Waals surface area contributed by atoms with Crippen LogP contribution in [0, 0.1) is 6.92 Å². The van der Waals surface area contributed by atoms with E-state index in [0.717, 1.165) is 5.56 Å². The van der Waals surface area contributed by atoms with Crippen LogP contribution in [0.15, 0.2) is 30.3 Å². The monoisotopic (exact) mass is 202 g/mol. The second-order valence-corrected chi connectivity index (χ2v) is 4.13. The third-order valence-electron chi connectivity index (χ3n) is 2.60. The van der Waals surface area contributed by atoms with E-state index in [-0.39, 0.29) is 5.78 Å². The lowest BCUT2D eigenvalue weighted by Crippen LogP contribution is -2.17. The van der Waals surface area contributed by atoms with Crippen molar-refractivity contribution < 1.29 is 9.53 Å². The van der Waals surface area contributed by atoms with Gasteiger partial charge in [0.25, 0.3) is 0 Å². The molecular formula is C13H14O2. The predicted octanol–water partition coefficient (Wildman–Crippen LogP) is 2.37. The van der Waals surface area contributed by atoms with Gasteiger partial charge in [-0.25, -0.2) is 0 Å². The third kappa shape index (κ3) is 2.34. The molecule has 1 saturated heterocycles. The van der Waals surface area contributed by atoms with E-state index in [1.165, 1.54) is 5.56 Å². The van der Waals surface area contributed by atoms with Gasteiger partial charge in [-0.05, 0) is 25.5 Å². The SMILES string of the molecule is Cc1ccc(/C=C/C(=O)[C@]2(C)CO2)cc1. The Balaban J connectivity index is 2.05. The fourth-order valence-electron chi connectivity index (χ4n) is 1.28. The van der Waals surface area contributed by atoms with Crippen LogP contribution in [0.25, 0.3) is 6.08 Å². The molecule has 0 spiro atoms. The minimum Gasteiger partial charge on any atom is -0.361 e. The highest BCUT2D eigenvalue weighted by Gasteiger charge is 2.45. The van der Waals surface area contributed by atoms with Crippen LogP contribution in [-0.4, -0.2) is 18.0 Å². The highest BCUT2D eigenvalue weighted by Crippen LogP contribution is 2.27. The van der Waals surface area contributed by atoms with Crippen molar-refractivity contribution in [2.45, 2.75) is 19.4 Å². The van der Waals surface area contributed by atoms with Crippen LogP contribution in [-0.2, 0) is 9.53 Å². The standard InChI is InChI=1S/C13H14O2/c1-10-3-5-11(6-4-10)7-8-12(14)13(2)9-15-13/h3-8H,9H2,1-2H3/b8-7+/t13-/m0/s1. The highest BCUT2D eigenvalue weighted by atomic mass is 16.6. The average molecular weight is 202 g/mol. The minimum absolute atomic E-state index is 0.0445. The summed E-state index contributed by atoms with van der Waals surface area (Å²) in [6.07, 6.45) is 3.42. The second kappa shape index (κ2) is 3.63. The number of epoxide rings is 1. The Bertz CT molecular complexity index is 397. The van der Waals surface area contributed by atoms with Crippen molar-refractivity contribution >= 4 is 11.9 Å². The molecule has 0 radical (unpaired) electrons. The van der Waals surface area contributed by atoms with Gasteiger partial charge in [-0.2, -0.15) is 0 Å². The maximum Gasteiger partial charge on any atom is 0.189 e. The molecule has 1 aromatic carbocycles. The Kier molecular flexibility index (Phi) is 2.45. The Morgan fingerprint density at radius 2 is 2.00 bits per heavy atom. The lowest BCUT2D eigenvalue weighted by molar-refractivity contribution is -0.118. The quantitative estimate of drug-likeness (QED) is 0.556. The summed E-state index contributed by atoms with van der Waals surface area (Å²) in [5.74, 6) is 0.0445. The number of carbonyl (C=O) groups is 1. The number of aryl methyl sites for hydroxylation is 1. The van der Waals surface area contributed by atoms with Crippen LogP contribution >= 0.6 is 0 Å². The van der Waals surface area contributed by atoms with Gasteiger partial charge in [0, 0.05) is 0 Å². The first-order valence-corrected chi connectivity index (χ1v) is 5.03. The van der Waals surface area contributed by atoms with Gasteiger partial charge in [-0.15, -0.1) is 0 Å². The van der Waals surface area contributed by atoms with Gasteiger partial charge in [-0.1, -0.05) is 35.9 Å². The topological polar surface area (TPSA) is 29.6 Å². The number of hydrogen-bond donors (Lipinski definition) is 0. The molecule has 1 aliphatic rings. The van der Waals surface area contributed by atoms with Crippen LogP contribution < -0.4 is 0 Å². The van der Waals surface area contributed by atoms with Gasteiger partial charge in [0.05, 0.1) is 6.61 Å². The molecule has 0 unspecified atom stereocenters. The largest absolute Gasteiger partial charge is 0.361 e. The smallest absolute Gasteiger partial charge is 0.189 e. The zero-order chi connectivity index (χ0) is 10.9. The Hall–Kier alpha value is -1.41. The van der Waals surface area contributed by atoms with Crippen molar-refractivity contribution in [3.8, 4) is 0 Å². The first kappa shape index (κ1) is 10.1. The maximum atomic E-state index is 11.6. The minimum atomic E-state index is -0.540. The van der Waals surface area contributed by atoms with E-state index in [9.17, 15) is 4.79 Å². The second-order valence-electron chi connectivity index (χ2n) is 4.13. The average Bonchev–Trinajstić information content (AvgIpc) is 2.97. The molecule has 0 amide bonds. The molecule has 2 heteroatoms. The molecule has 1 heterocycles. The molecule has 2 nitrogen and oxygen atoms in total. The number of ether oxygens (including phenoxy) is 1. The normalized spacial score (nSPS) is 24.4. The summed E-state index contributed by atoms with van der Waals surface area (Å²) < 4.78 is 5.06. The summed E-state index contributed by atoms with van der Waals surface area (Å²) in [6.45, 7) is 4.40. The van der Waals surface area contributed by atoms with Gasteiger partial charge in [-0.3, -0.25) is 4.79 Å². The van der Waals surface area contributed by atoms with Gasteiger partial charge in [0.15, 0.2) is 11.4 Å². The van der Waals surface area contributed by atoms with E-state index in [1.54, 1.807) is 6.08 Å². The Morgan fingerprint density at radius 3 is 2.53 bits per heavy atom. The van der Waals surface area contributed by atoms with Crippen LogP contribution in [0.3, 0.4) is 0 Å². The number of hydrogen-bond acceptors (Lipinski definition) is 2. The predicted molar refractivity (Wildman–Crippen MR) is 59.6 cm³/mol. The number of ketones is 1. The van der Waals surface area contributed by atoms with E-state index in [0.29, 0.717) is 6.61 Å². The zero-order valence-corrected chi connectivity index (χ0v) is 8.99. The number of benzene rings is 1. The van der Waals surface area contributed by atoms with Crippen molar-refractivity contribution in [1.82, 2.24) is 0 Å². The van der Waals surface area contributed by atoms with E-state index in [1.807, 2.05) is 44.2 Å². The van der Waals surface area contributed by atoms with E-state index in [4.69, 9.17) is 4.74 Å². The molecule has 0 saturated carbocycles. The van der Waals surface area contributed by atoms with Crippen LogP contribution in [0.2, 0.25) is 0 Å². The molecule has 0 bridgehead atoms. The first-order valence-electron chi connectivity index (χ1n) is 5.03. The molecule has 0 aliphatic carbocycles. The molecule has 15 heavy (non-hydrogen) atoms. The molecular weight excluding hydrogens is 188 g/mol. The molecule has 0 N–H and O–H groups in total. The van der Waals surface area contributed by atoms with Crippen LogP contribution in [0.5, 0.6) is 0 Å². The maximum absolute atomic E-state index is 11.6. The van der Waals surface area contributed by atoms with Gasteiger partial charge in [0.2, 0.25) is 0 Å². The fourth-order valence-corrected chi connectivity index (χ4v) is 1.28. The molecule has 78 valence electrons. The van der Waals surface area contributed by atoms with Crippen molar-refractivity contribution in [2.24, 2.45) is 0 Å². The first-order chi connectivity index (χ1) is 7.10. The van der Waals surface area contributed by atoms with E-state index < -0.39 is 5.60 Å². The van der Waals surface area contributed by atoms with Gasteiger partial charge in [0.1, 0.15) is 0 Å².